The number of rotatable bonds is 9. The molecule has 3 rings (SSSR count). The van der Waals surface area contributed by atoms with Crippen LogP contribution in [-0.2, 0) is 0 Å². The third kappa shape index (κ3) is 4.54. The highest BCUT2D eigenvalue weighted by molar-refractivity contribution is 5.65. The molecule has 0 saturated carbocycles. The number of benzene rings is 2. The van der Waals surface area contributed by atoms with E-state index in [9.17, 15) is 0 Å². The molecule has 0 bridgehead atoms. The number of ether oxygens (including phenoxy) is 6. The van der Waals surface area contributed by atoms with E-state index in [1.165, 1.54) is 13.4 Å². The summed E-state index contributed by atoms with van der Waals surface area (Å²) in [6, 6.07) is 8.70. The lowest BCUT2D eigenvalue weighted by molar-refractivity contribution is 0.324. The van der Waals surface area contributed by atoms with Crippen LogP contribution in [0.2, 0.25) is 0 Å². The molecule has 1 heterocycles. The minimum atomic E-state index is 0.104. The second-order valence-electron chi connectivity index (χ2n) is 5.75. The number of aromatic nitrogens is 3. The molecule has 10 nitrogen and oxygen atoms in total. The van der Waals surface area contributed by atoms with Crippen LogP contribution >= 0.6 is 0 Å². The van der Waals surface area contributed by atoms with Gasteiger partial charge in [0.15, 0.2) is 23.0 Å². The largest absolute Gasteiger partial charge is 0.493 e. The van der Waals surface area contributed by atoms with E-state index in [4.69, 9.17) is 28.4 Å². The van der Waals surface area contributed by atoms with E-state index in [0.717, 1.165) is 0 Å². The standard InChI is InChI=1S/C20H22N4O6/c1-25-14-7-6-13(10-15(14)26-2)30-20-22-11-21-19(24-20)23-12-8-16(27-3)18(29-5)17(9-12)28-4/h6-11H,1-5H3,(H,21,22,23,24). The van der Waals surface area contributed by atoms with Crippen molar-refractivity contribution in [2.24, 2.45) is 0 Å². The van der Waals surface area contributed by atoms with Gasteiger partial charge in [-0.1, -0.05) is 0 Å². The van der Waals surface area contributed by atoms with E-state index in [1.54, 1.807) is 58.8 Å². The van der Waals surface area contributed by atoms with Gasteiger partial charge in [0.25, 0.3) is 0 Å². The summed E-state index contributed by atoms with van der Waals surface area (Å²) in [6.07, 6.45) is 1.34. The summed E-state index contributed by atoms with van der Waals surface area (Å²) >= 11 is 0. The predicted octanol–water partition coefficient (Wildman–Crippen LogP) is 3.45. The first-order chi connectivity index (χ1) is 14.6. The lowest BCUT2D eigenvalue weighted by atomic mass is 10.2. The van der Waals surface area contributed by atoms with E-state index in [1.807, 2.05) is 0 Å². The highest BCUT2D eigenvalue weighted by atomic mass is 16.5. The van der Waals surface area contributed by atoms with Crippen LogP contribution in [0.4, 0.5) is 11.6 Å². The molecule has 0 spiro atoms. The first kappa shape index (κ1) is 20.8. The number of hydrogen-bond donors (Lipinski definition) is 1. The molecule has 10 heteroatoms. The van der Waals surface area contributed by atoms with E-state index in [0.29, 0.717) is 40.2 Å². The van der Waals surface area contributed by atoms with Crippen molar-refractivity contribution in [3.63, 3.8) is 0 Å². The lowest BCUT2D eigenvalue weighted by Crippen LogP contribution is -2.02. The molecule has 3 aromatic rings. The van der Waals surface area contributed by atoms with Crippen molar-refractivity contribution in [1.29, 1.82) is 0 Å². The Morgan fingerprint density at radius 1 is 0.700 bits per heavy atom. The van der Waals surface area contributed by atoms with Gasteiger partial charge in [-0.05, 0) is 12.1 Å². The van der Waals surface area contributed by atoms with Crippen molar-refractivity contribution in [2.75, 3.05) is 40.9 Å². The van der Waals surface area contributed by atoms with Gasteiger partial charge in [-0.3, -0.25) is 0 Å². The van der Waals surface area contributed by atoms with E-state index < -0.39 is 0 Å². The van der Waals surface area contributed by atoms with Gasteiger partial charge in [-0.25, -0.2) is 4.98 Å². The Morgan fingerprint density at radius 2 is 1.37 bits per heavy atom. The van der Waals surface area contributed by atoms with Crippen molar-refractivity contribution in [2.45, 2.75) is 0 Å². The van der Waals surface area contributed by atoms with Crippen LogP contribution in [0.25, 0.3) is 0 Å². The SMILES string of the molecule is COc1ccc(Oc2ncnc(Nc3cc(OC)c(OC)c(OC)c3)n2)cc1OC. The van der Waals surface area contributed by atoms with Crippen molar-refractivity contribution < 1.29 is 28.4 Å². The third-order valence-electron chi connectivity index (χ3n) is 4.03. The molecule has 2 aromatic carbocycles. The minimum absolute atomic E-state index is 0.104. The van der Waals surface area contributed by atoms with Gasteiger partial charge in [0, 0.05) is 23.9 Å². The Labute approximate surface area is 173 Å². The molecule has 0 aliphatic heterocycles. The summed E-state index contributed by atoms with van der Waals surface area (Å²) in [6.45, 7) is 0. The van der Waals surface area contributed by atoms with Crippen LogP contribution in [0.5, 0.6) is 40.5 Å². The Bertz CT molecular complexity index is 989. The van der Waals surface area contributed by atoms with Crippen molar-refractivity contribution in [3.8, 4) is 40.5 Å². The smallest absolute Gasteiger partial charge is 0.326 e. The maximum atomic E-state index is 5.72. The number of hydrogen-bond acceptors (Lipinski definition) is 10. The maximum Gasteiger partial charge on any atom is 0.326 e. The molecular formula is C20H22N4O6. The quantitative estimate of drug-likeness (QED) is 0.559. The molecule has 30 heavy (non-hydrogen) atoms. The van der Waals surface area contributed by atoms with Crippen LogP contribution < -0.4 is 33.7 Å². The van der Waals surface area contributed by atoms with Crippen molar-refractivity contribution in [1.82, 2.24) is 15.0 Å². The molecule has 0 radical (unpaired) electrons. The minimum Gasteiger partial charge on any atom is -0.493 e. The summed E-state index contributed by atoms with van der Waals surface area (Å²) in [5.74, 6) is 3.35. The van der Waals surface area contributed by atoms with E-state index in [-0.39, 0.29) is 12.0 Å². The first-order valence-corrected chi connectivity index (χ1v) is 8.77. The number of nitrogens with one attached hydrogen (secondary N) is 1. The predicted molar refractivity (Wildman–Crippen MR) is 109 cm³/mol. The maximum absolute atomic E-state index is 5.72. The molecular weight excluding hydrogens is 392 g/mol. The highest BCUT2D eigenvalue weighted by Crippen LogP contribution is 2.40. The third-order valence-corrected chi connectivity index (χ3v) is 4.03. The van der Waals surface area contributed by atoms with Gasteiger partial charge in [-0.15, -0.1) is 0 Å². The van der Waals surface area contributed by atoms with Gasteiger partial charge in [0.05, 0.1) is 35.5 Å². The molecule has 0 amide bonds. The fourth-order valence-electron chi connectivity index (χ4n) is 2.66. The molecule has 1 N–H and O–H groups in total. The Morgan fingerprint density at radius 3 is 1.97 bits per heavy atom. The second kappa shape index (κ2) is 9.50. The van der Waals surface area contributed by atoms with Gasteiger partial charge >= 0.3 is 6.01 Å². The monoisotopic (exact) mass is 414 g/mol. The fourth-order valence-corrected chi connectivity index (χ4v) is 2.66. The Hall–Kier alpha value is -3.95. The summed E-state index contributed by atoms with van der Waals surface area (Å²) < 4.78 is 32.3. The lowest BCUT2D eigenvalue weighted by Gasteiger charge is -2.14. The summed E-state index contributed by atoms with van der Waals surface area (Å²) in [5.41, 5.74) is 0.632. The zero-order valence-electron chi connectivity index (χ0n) is 17.3. The van der Waals surface area contributed by atoms with Crippen LogP contribution in [0, 0.1) is 0 Å². The van der Waals surface area contributed by atoms with Gasteiger partial charge in [0.2, 0.25) is 11.7 Å². The molecule has 0 saturated heterocycles. The highest BCUT2D eigenvalue weighted by Gasteiger charge is 2.14. The molecule has 0 unspecified atom stereocenters. The van der Waals surface area contributed by atoms with E-state index >= 15 is 0 Å². The fraction of sp³-hybridized carbons (Fsp3) is 0.250. The Balaban J connectivity index is 1.83. The zero-order chi connectivity index (χ0) is 21.5. The average Bonchev–Trinajstić information content (AvgIpc) is 2.78. The molecule has 0 fully saturated rings. The zero-order valence-corrected chi connectivity index (χ0v) is 17.3. The van der Waals surface area contributed by atoms with E-state index in [2.05, 4.69) is 20.3 Å². The summed E-state index contributed by atoms with van der Waals surface area (Å²) in [5, 5.41) is 3.07. The molecule has 158 valence electrons. The summed E-state index contributed by atoms with van der Waals surface area (Å²) in [4.78, 5) is 12.4. The number of nitrogens with zero attached hydrogens (tertiary/aromatic N) is 3. The van der Waals surface area contributed by atoms with Crippen molar-refractivity contribution in [3.05, 3.63) is 36.7 Å². The summed E-state index contributed by atoms with van der Waals surface area (Å²) in [7, 11) is 7.73. The molecule has 0 aliphatic rings. The first-order valence-electron chi connectivity index (χ1n) is 8.77. The van der Waals surface area contributed by atoms with Crippen LogP contribution in [0.3, 0.4) is 0 Å². The topological polar surface area (TPSA) is 106 Å². The van der Waals surface area contributed by atoms with Crippen LogP contribution in [0.15, 0.2) is 36.7 Å². The molecule has 0 aliphatic carbocycles. The molecule has 1 aromatic heterocycles. The van der Waals surface area contributed by atoms with Gasteiger partial charge in [-0.2, -0.15) is 9.97 Å². The normalized spacial score (nSPS) is 10.2. The average molecular weight is 414 g/mol. The van der Waals surface area contributed by atoms with Gasteiger partial charge < -0.3 is 33.7 Å². The van der Waals surface area contributed by atoms with Crippen molar-refractivity contribution >= 4 is 11.6 Å². The number of anilines is 2. The van der Waals surface area contributed by atoms with Crippen LogP contribution in [-0.4, -0.2) is 50.5 Å². The Kier molecular flexibility index (Phi) is 6.58. The second-order valence-corrected chi connectivity index (χ2v) is 5.75. The number of methoxy groups -OCH3 is 5. The molecule has 0 atom stereocenters. The van der Waals surface area contributed by atoms with Gasteiger partial charge in [0.1, 0.15) is 12.1 Å². The van der Waals surface area contributed by atoms with Crippen LogP contribution in [0.1, 0.15) is 0 Å².